The van der Waals surface area contributed by atoms with Crippen molar-refractivity contribution in [1.29, 1.82) is 0 Å². The Labute approximate surface area is 131 Å². The summed E-state index contributed by atoms with van der Waals surface area (Å²) in [6.07, 6.45) is -0.0367. The molecule has 0 radical (unpaired) electrons. The summed E-state index contributed by atoms with van der Waals surface area (Å²) in [5.74, 6) is -0.906. The zero-order chi connectivity index (χ0) is 16.3. The van der Waals surface area contributed by atoms with Gasteiger partial charge in [0, 0.05) is 6.54 Å². The minimum absolute atomic E-state index is 0.0321. The number of aromatic nitrogens is 3. The number of carbonyl (C=O) groups excluding carboxylic acids is 1. The fourth-order valence-electron chi connectivity index (χ4n) is 1.88. The Morgan fingerprint density at radius 1 is 1.55 bits per heavy atom. The third-order valence-corrected chi connectivity index (χ3v) is 3.39. The van der Waals surface area contributed by atoms with Gasteiger partial charge in [0.25, 0.3) is 5.91 Å². The number of amides is 1. The van der Waals surface area contributed by atoms with Gasteiger partial charge in [-0.25, -0.2) is 9.07 Å². The Morgan fingerprint density at radius 3 is 2.91 bits per heavy atom. The predicted octanol–water partition coefficient (Wildman–Crippen LogP) is 1.87. The number of carbonyl (C=O) groups is 1. The second kappa shape index (κ2) is 6.85. The minimum Gasteiger partial charge on any atom is -0.393 e. The molecule has 0 fully saturated rings. The fourth-order valence-corrected chi connectivity index (χ4v) is 2.05. The van der Waals surface area contributed by atoms with Crippen molar-refractivity contribution >= 4 is 17.5 Å². The summed E-state index contributed by atoms with van der Waals surface area (Å²) in [7, 11) is 0. The van der Waals surface area contributed by atoms with Crippen LogP contribution in [0.5, 0.6) is 0 Å². The Bertz CT molecular complexity index is 687. The highest BCUT2D eigenvalue weighted by Crippen LogP contribution is 2.20. The van der Waals surface area contributed by atoms with Crippen LogP contribution in [-0.4, -0.2) is 38.7 Å². The Morgan fingerprint density at radius 2 is 2.27 bits per heavy atom. The molecule has 0 aliphatic carbocycles. The lowest BCUT2D eigenvalue weighted by atomic mass is 10.2. The van der Waals surface area contributed by atoms with Crippen LogP contribution in [0.25, 0.3) is 5.69 Å². The normalized spacial score (nSPS) is 12.2. The number of benzene rings is 1. The maximum atomic E-state index is 13.2. The quantitative estimate of drug-likeness (QED) is 0.879. The van der Waals surface area contributed by atoms with Crippen LogP contribution in [0.15, 0.2) is 18.2 Å². The van der Waals surface area contributed by atoms with Gasteiger partial charge in [0.05, 0.1) is 22.5 Å². The van der Waals surface area contributed by atoms with E-state index in [0.29, 0.717) is 24.3 Å². The topological polar surface area (TPSA) is 80.0 Å². The molecule has 1 aromatic heterocycles. The van der Waals surface area contributed by atoms with E-state index < -0.39 is 11.9 Å². The SMILES string of the molecule is Cc1c(C(=O)NCCC(C)O)nnn1-c1ccc(F)c(Cl)c1. The lowest BCUT2D eigenvalue weighted by Gasteiger charge is -2.06. The first-order chi connectivity index (χ1) is 10.4. The number of aliphatic hydroxyl groups excluding tert-OH is 1. The van der Waals surface area contributed by atoms with Gasteiger partial charge in [0.2, 0.25) is 0 Å². The lowest BCUT2D eigenvalue weighted by molar-refractivity contribution is 0.0940. The lowest BCUT2D eigenvalue weighted by Crippen LogP contribution is -2.27. The van der Waals surface area contributed by atoms with Gasteiger partial charge in [0.15, 0.2) is 5.69 Å². The van der Waals surface area contributed by atoms with Gasteiger partial charge < -0.3 is 10.4 Å². The van der Waals surface area contributed by atoms with Crippen LogP contribution < -0.4 is 5.32 Å². The van der Waals surface area contributed by atoms with E-state index in [1.807, 2.05) is 0 Å². The van der Waals surface area contributed by atoms with Crippen molar-refractivity contribution in [1.82, 2.24) is 20.3 Å². The molecular weight excluding hydrogens is 311 g/mol. The van der Waals surface area contributed by atoms with Crippen LogP contribution in [-0.2, 0) is 0 Å². The van der Waals surface area contributed by atoms with Gasteiger partial charge in [-0.3, -0.25) is 4.79 Å². The molecule has 0 spiro atoms. The Hall–Kier alpha value is -1.99. The molecule has 0 saturated heterocycles. The summed E-state index contributed by atoms with van der Waals surface area (Å²) in [5.41, 5.74) is 1.20. The van der Waals surface area contributed by atoms with Gasteiger partial charge in [-0.2, -0.15) is 0 Å². The van der Waals surface area contributed by atoms with Crippen molar-refractivity contribution < 1.29 is 14.3 Å². The van der Waals surface area contributed by atoms with Crippen molar-refractivity contribution in [3.05, 3.63) is 40.4 Å². The molecule has 8 heteroatoms. The largest absolute Gasteiger partial charge is 0.393 e. The molecule has 2 N–H and O–H groups in total. The highest BCUT2D eigenvalue weighted by atomic mass is 35.5. The molecule has 6 nitrogen and oxygen atoms in total. The summed E-state index contributed by atoms with van der Waals surface area (Å²) in [4.78, 5) is 12.0. The van der Waals surface area contributed by atoms with Crippen LogP contribution in [0, 0.1) is 12.7 Å². The number of halogens is 2. The molecule has 1 heterocycles. The van der Waals surface area contributed by atoms with E-state index in [-0.39, 0.29) is 16.6 Å². The highest BCUT2D eigenvalue weighted by Gasteiger charge is 2.17. The van der Waals surface area contributed by atoms with Crippen LogP contribution in [0.3, 0.4) is 0 Å². The van der Waals surface area contributed by atoms with E-state index in [4.69, 9.17) is 16.7 Å². The first-order valence-corrected chi connectivity index (χ1v) is 7.12. The minimum atomic E-state index is -0.528. The summed E-state index contributed by atoms with van der Waals surface area (Å²) >= 11 is 5.74. The summed E-state index contributed by atoms with van der Waals surface area (Å²) < 4.78 is 14.6. The number of hydrogen-bond donors (Lipinski definition) is 2. The van der Waals surface area contributed by atoms with Crippen LogP contribution in [0.2, 0.25) is 5.02 Å². The molecule has 0 bridgehead atoms. The van der Waals surface area contributed by atoms with Gasteiger partial charge in [-0.05, 0) is 38.5 Å². The van der Waals surface area contributed by atoms with Crippen molar-refractivity contribution in [3.8, 4) is 5.69 Å². The molecule has 1 unspecified atom stereocenters. The standard InChI is InChI=1S/C14H16ClFN4O2/c1-8(21)5-6-17-14(22)13-9(2)20(19-18-13)10-3-4-12(16)11(15)7-10/h3-4,7-8,21H,5-6H2,1-2H3,(H,17,22). The molecule has 1 amide bonds. The zero-order valence-electron chi connectivity index (χ0n) is 12.2. The first-order valence-electron chi connectivity index (χ1n) is 6.74. The molecule has 0 aliphatic heterocycles. The van der Waals surface area contributed by atoms with E-state index in [1.54, 1.807) is 13.8 Å². The number of nitrogens with zero attached hydrogens (tertiary/aromatic N) is 3. The molecule has 2 rings (SSSR count). The maximum Gasteiger partial charge on any atom is 0.273 e. The molecule has 22 heavy (non-hydrogen) atoms. The van der Waals surface area contributed by atoms with Gasteiger partial charge >= 0.3 is 0 Å². The smallest absolute Gasteiger partial charge is 0.273 e. The Balaban J connectivity index is 2.18. The van der Waals surface area contributed by atoms with Crippen molar-refractivity contribution in [3.63, 3.8) is 0 Å². The van der Waals surface area contributed by atoms with E-state index >= 15 is 0 Å². The fraction of sp³-hybridized carbons (Fsp3) is 0.357. The summed E-state index contributed by atoms with van der Waals surface area (Å²) in [5, 5.41) is 19.5. The van der Waals surface area contributed by atoms with Gasteiger partial charge in [0.1, 0.15) is 5.82 Å². The average Bonchev–Trinajstić information content (AvgIpc) is 2.83. The maximum absolute atomic E-state index is 13.2. The monoisotopic (exact) mass is 326 g/mol. The molecular formula is C14H16ClFN4O2. The predicted molar refractivity (Wildman–Crippen MR) is 79.7 cm³/mol. The highest BCUT2D eigenvalue weighted by molar-refractivity contribution is 6.30. The molecule has 0 saturated carbocycles. The number of nitrogens with one attached hydrogen (secondary N) is 1. The third kappa shape index (κ3) is 3.61. The van der Waals surface area contributed by atoms with E-state index in [2.05, 4.69) is 15.6 Å². The van der Waals surface area contributed by atoms with Crippen LogP contribution >= 0.6 is 11.6 Å². The molecule has 0 aliphatic rings. The Kier molecular flexibility index (Phi) is 5.10. The van der Waals surface area contributed by atoms with Gasteiger partial charge in [-0.1, -0.05) is 16.8 Å². The van der Waals surface area contributed by atoms with Crippen molar-refractivity contribution in [2.24, 2.45) is 0 Å². The van der Waals surface area contributed by atoms with E-state index in [1.165, 1.54) is 22.9 Å². The molecule has 118 valence electrons. The third-order valence-electron chi connectivity index (χ3n) is 3.11. The van der Waals surface area contributed by atoms with E-state index in [9.17, 15) is 9.18 Å². The average molecular weight is 327 g/mol. The van der Waals surface area contributed by atoms with Crippen LogP contribution in [0.4, 0.5) is 4.39 Å². The number of aliphatic hydroxyl groups is 1. The van der Waals surface area contributed by atoms with Crippen molar-refractivity contribution in [2.75, 3.05) is 6.54 Å². The van der Waals surface area contributed by atoms with Crippen molar-refractivity contribution in [2.45, 2.75) is 26.4 Å². The van der Waals surface area contributed by atoms with Crippen LogP contribution in [0.1, 0.15) is 29.5 Å². The summed E-state index contributed by atoms with van der Waals surface area (Å²) in [6, 6.07) is 4.13. The second-order valence-corrected chi connectivity index (χ2v) is 5.33. The second-order valence-electron chi connectivity index (χ2n) is 4.93. The molecule has 1 atom stereocenters. The molecule has 2 aromatic rings. The first kappa shape index (κ1) is 16.4. The molecule has 1 aromatic carbocycles. The number of hydrogen-bond acceptors (Lipinski definition) is 4. The number of rotatable bonds is 5. The van der Waals surface area contributed by atoms with Gasteiger partial charge in [-0.15, -0.1) is 5.10 Å². The van der Waals surface area contributed by atoms with E-state index in [0.717, 1.165) is 0 Å². The summed E-state index contributed by atoms with van der Waals surface area (Å²) in [6.45, 7) is 3.66. The zero-order valence-corrected chi connectivity index (χ0v) is 12.9.